The average Bonchev–Trinajstić information content (AvgIpc) is 2.55. The first-order valence-corrected chi connectivity index (χ1v) is 9.65. The van der Waals surface area contributed by atoms with Crippen LogP contribution in [0.15, 0.2) is 65.6 Å². The quantitative estimate of drug-likeness (QED) is 0.728. The number of hydrogen-bond acceptors (Lipinski definition) is 3. The minimum Gasteiger partial charge on any atom is -0.497 e. The van der Waals surface area contributed by atoms with Crippen molar-refractivity contribution in [2.24, 2.45) is 0 Å². The van der Waals surface area contributed by atoms with Gasteiger partial charge in [0.2, 0.25) is 10.0 Å². The van der Waals surface area contributed by atoms with Gasteiger partial charge in [-0.3, -0.25) is 0 Å². The summed E-state index contributed by atoms with van der Waals surface area (Å²) in [6.07, 6.45) is 1.17. The molecule has 0 fully saturated rings. The van der Waals surface area contributed by atoms with Crippen LogP contribution in [0.4, 0.5) is 0 Å². The Morgan fingerprint density at radius 2 is 1.72 bits per heavy atom. The summed E-state index contributed by atoms with van der Waals surface area (Å²) in [5.41, 5.74) is 3.00. The molecule has 0 saturated carbocycles. The van der Waals surface area contributed by atoms with Crippen LogP contribution in [-0.4, -0.2) is 21.6 Å². The zero-order valence-electron chi connectivity index (χ0n) is 15.0. The van der Waals surface area contributed by atoms with Crippen molar-refractivity contribution in [3.8, 4) is 5.75 Å². The molecule has 0 saturated heterocycles. The van der Waals surface area contributed by atoms with E-state index in [-0.39, 0.29) is 10.9 Å². The summed E-state index contributed by atoms with van der Waals surface area (Å²) in [5.74, 6) is 0.778. The van der Waals surface area contributed by atoms with E-state index >= 15 is 0 Å². The normalized spacial score (nSPS) is 12.6. The summed E-state index contributed by atoms with van der Waals surface area (Å²) in [7, 11) is -1.95. The lowest BCUT2D eigenvalue weighted by atomic mass is 10.0. The fraction of sp³-hybridized carbons (Fsp3) is 0.300. The van der Waals surface area contributed by atoms with E-state index in [0.29, 0.717) is 12.8 Å². The van der Waals surface area contributed by atoms with Crippen LogP contribution < -0.4 is 9.46 Å². The van der Waals surface area contributed by atoms with Crippen LogP contribution in [0.1, 0.15) is 24.5 Å². The smallest absolute Gasteiger partial charge is 0.240 e. The van der Waals surface area contributed by atoms with Gasteiger partial charge in [-0.2, -0.15) is 0 Å². The molecule has 0 aromatic heterocycles. The van der Waals surface area contributed by atoms with Gasteiger partial charge < -0.3 is 4.74 Å². The molecule has 134 valence electrons. The molecule has 0 aliphatic carbocycles. The molecule has 25 heavy (non-hydrogen) atoms. The summed E-state index contributed by atoms with van der Waals surface area (Å²) in [4.78, 5) is 0.277. The second-order valence-electron chi connectivity index (χ2n) is 6.34. The van der Waals surface area contributed by atoms with Crippen LogP contribution in [0.25, 0.3) is 0 Å². The van der Waals surface area contributed by atoms with E-state index in [1.54, 1.807) is 31.4 Å². The van der Waals surface area contributed by atoms with E-state index in [0.717, 1.165) is 22.4 Å². The van der Waals surface area contributed by atoms with Crippen LogP contribution in [0.5, 0.6) is 5.75 Å². The van der Waals surface area contributed by atoms with E-state index in [1.165, 1.54) is 0 Å². The van der Waals surface area contributed by atoms with Gasteiger partial charge in [0.05, 0.1) is 12.0 Å². The van der Waals surface area contributed by atoms with Gasteiger partial charge in [0.15, 0.2) is 0 Å². The molecule has 0 spiro atoms. The summed E-state index contributed by atoms with van der Waals surface area (Å²) in [6, 6.07) is 14.2. The topological polar surface area (TPSA) is 55.4 Å². The summed E-state index contributed by atoms with van der Waals surface area (Å²) < 4.78 is 33.3. The SMILES string of the molecule is C=C(C)CC(Cc1ccc(OC)cc1)NS(=O)(=O)c1ccc(C)cc1. The Morgan fingerprint density at radius 3 is 2.24 bits per heavy atom. The van der Waals surface area contributed by atoms with Gasteiger partial charge in [0.1, 0.15) is 5.75 Å². The number of ether oxygens (including phenoxy) is 1. The third-order valence-corrected chi connectivity index (χ3v) is 5.43. The molecule has 0 aliphatic rings. The monoisotopic (exact) mass is 359 g/mol. The molecule has 2 aromatic carbocycles. The van der Waals surface area contributed by atoms with E-state index in [2.05, 4.69) is 11.3 Å². The van der Waals surface area contributed by atoms with Crippen molar-refractivity contribution in [2.45, 2.75) is 37.6 Å². The second-order valence-corrected chi connectivity index (χ2v) is 8.06. The molecule has 0 amide bonds. The molecule has 1 unspecified atom stereocenters. The first-order chi connectivity index (χ1) is 11.8. The lowest BCUT2D eigenvalue weighted by molar-refractivity contribution is 0.414. The van der Waals surface area contributed by atoms with Crippen molar-refractivity contribution in [2.75, 3.05) is 7.11 Å². The molecule has 2 rings (SSSR count). The maximum atomic E-state index is 12.7. The van der Waals surface area contributed by atoms with E-state index < -0.39 is 10.0 Å². The van der Waals surface area contributed by atoms with Crippen LogP contribution in [0, 0.1) is 6.92 Å². The van der Waals surface area contributed by atoms with Crippen molar-refractivity contribution < 1.29 is 13.2 Å². The maximum Gasteiger partial charge on any atom is 0.240 e. The summed E-state index contributed by atoms with van der Waals surface area (Å²) in [6.45, 7) is 7.76. The molecule has 0 radical (unpaired) electrons. The van der Waals surface area contributed by atoms with Crippen LogP contribution in [0.2, 0.25) is 0 Å². The van der Waals surface area contributed by atoms with Crippen molar-refractivity contribution >= 4 is 10.0 Å². The number of benzene rings is 2. The molecular formula is C20H25NO3S. The largest absolute Gasteiger partial charge is 0.497 e. The highest BCUT2D eigenvalue weighted by atomic mass is 32.2. The number of methoxy groups -OCH3 is 1. The van der Waals surface area contributed by atoms with Gasteiger partial charge in [0.25, 0.3) is 0 Å². The molecule has 0 aliphatic heterocycles. The highest BCUT2D eigenvalue weighted by Gasteiger charge is 2.20. The van der Waals surface area contributed by atoms with E-state index in [9.17, 15) is 8.42 Å². The standard InChI is InChI=1S/C20H25NO3S/c1-15(2)13-18(14-17-7-9-19(24-4)10-8-17)21-25(22,23)20-11-5-16(3)6-12-20/h5-12,18,21H,1,13-14H2,2-4H3. The minimum atomic E-state index is -3.57. The number of sulfonamides is 1. The Morgan fingerprint density at radius 1 is 1.12 bits per heavy atom. The number of hydrogen-bond donors (Lipinski definition) is 1. The van der Waals surface area contributed by atoms with Gasteiger partial charge in [-0.05, 0) is 56.5 Å². The van der Waals surface area contributed by atoms with Crippen molar-refractivity contribution in [3.05, 3.63) is 71.8 Å². The lowest BCUT2D eigenvalue weighted by Gasteiger charge is -2.19. The fourth-order valence-corrected chi connectivity index (χ4v) is 3.86. The molecule has 1 atom stereocenters. The van der Waals surface area contributed by atoms with Gasteiger partial charge in [0, 0.05) is 6.04 Å². The molecule has 2 aromatic rings. The average molecular weight is 359 g/mol. The Bertz CT molecular complexity index is 809. The third-order valence-electron chi connectivity index (χ3n) is 3.89. The van der Waals surface area contributed by atoms with Crippen molar-refractivity contribution in [3.63, 3.8) is 0 Å². The Balaban J connectivity index is 2.18. The third kappa shape index (κ3) is 5.73. The number of aryl methyl sites for hydroxylation is 1. The number of nitrogens with one attached hydrogen (secondary N) is 1. The zero-order valence-corrected chi connectivity index (χ0v) is 15.8. The highest BCUT2D eigenvalue weighted by Crippen LogP contribution is 2.17. The predicted molar refractivity (Wildman–Crippen MR) is 101 cm³/mol. The van der Waals surface area contributed by atoms with Gasteiger partial charge >= 0.3 is 0 Å². The van der Waals surface area contributed by atoms with E-state index in [4.69, 9.17) is 4.74 Å². The molecule has 5 heteroatoms. The molecule has 4 nitrogen and oxygen atoms in total. The zero-order chi connectivity index (χ0) is 18.4. The maximum absolute atomic E-state index is 12.7. The Labute approximate surface area is 150 Å². The van der Waals surface area contributed by atoms with Crippen LogP contribution in [-0.2, 0) is 16.4 Å². The highest BCUT2D eigenvalue weighted by molar-refractivity contribution is 7.89. The minimum absolute atomic E-state index is 0.253. The molecule has 0 bridgehead atoms. The first kappa shape index (κ1) is 19.2. The molecular weight excluding hydrogens is 334 g/mol. The van der Waals surface area contributed by atoms with Crippen LogP contribution in [0.3, 0.4) is 0 Å². The van der Waals surface area contributed by atoms with Crippen molar-refractivity contribution in [1.82, 2.24) is 4.72 Å². The first-order valence-electron chi connectivity index (χ1n) is 8.16. The molecule has 0 heterocycles. The number of rotatable bonds is 8. The van der Waals surface area contributed by atoms with Gasteiger partial charge in [-0.25, -0.2) is 13.1 Å². The van der Waals surface area contributed by atoms with E-state index in [1.807, 2.05) is 38.1 Å². The van der Waals surface area contributed by atoms with Gasteiger partial charge in [-0.15, -0.1) is 6.58 Å². The predicted octanol–water partition coefficient (Wildman–Crippen LogP) is 3.86. The lowest BCUT2D eigenvalue weighted by Crippen LogP contribution is -2.36. The van der Waals surface area contributed by atoms with Crippen molar-refractivity contribution in [1.29, 1.82) is 0 Å². The second kappa shape index (κ2) is 8.32. The Hall–Kier alpha value is -2.11. The molecule has 1 N–H and O–H groups in total. The fourth-order valence-electron chi connectivity index (χ4n) is 2.63. The van der Waals surface area contributed by atoms with Crippen LogP contribution >= 0.6 is 0 Å². The van der Waals surface area contributed by atoms with Gasteiger partial charge in [-0.1, -0.05) is 35.4 Å². The Kier molecular flexibility index (Phi) is 6.39. The summed E-state index contributed by atoms with van der Waals surface area (Å²) in [5, 5.41) is 0. The summed E-state index contributed by atoms with van der Waals surface area (Å²) >= 11 is 0.